The van der Waals surface area contributed by atoms with Crippen LogP contribution >= 0.6 is 11.6 Å². The summed E-state index contributed by atoms with van der Waals surface area (Å²) in [6, 6.07) is 10.1. The summed E-state index contributed by atoms with van der Waals surface area (Å²) in [6.07, 6.45) is 0.480. The first-order valence-electron chi connectivity index (χ1n) is 10.3. The summed E-state index contributed by atoms with van der Waals surface area (Å²) in [5, 5.41) is 4.87. The Hall–Kier alpha value is -2.82. The molecular weight excluding hydrogens is 468 g/mol. The first-order chi connectivity index (χ1) is 15.5. The predicted octanol–water partition coefficient (Wildman–Crippen LogP) is 2.57. The van der Waals surface area contributed by atoms with Crippen molar-refractivity contribution in [1.82, 2.24) is 20.5 Å². The van der Waals surface area contributed by atoms with E-state index in [1.54, 1.807) is 29.3 Å². The molecular formula is C22H27ClN4O5S. The second-order valence-corrected chi connectivity index (χ2v) is 10.7. The molecule has 1 fully saturated rings. The molecule has 3 N–H and O–H groups in total. The van der Waals surface area contributed by atoms with Crippen LogP contribution in [0.2, 0.25) is 5.02 Å². The Kier molecular flexibility index (Phi) is 7.51. The van der Waals surface area contributed by atoms with Crippen molar-refractivity contribution in [3.05, 3.63) is 58.6 Å². The summed E-state index contributed by atoms with van der Waals surface area (Å²) < 4.78 is 32.1. The summed E-state index contributed by atoms with van der Waals surface area (Å²) in [6.45, 7) is 5.74. The highest BCUT2D eigenvalue weighted by Gasteiger charge is 2.35. The van der Waals surface area contributed by atoms with Gasteiger partial charge in [-0.15, -0.1) is 0 Å². The molecule has 2 aromatic carbocycles. The zero-order valence-corrected chi connectivity index (χ0v) is 20.2. The quantitative estimate of drug-likeness (QED) is 0.519. The third kappa shape index (κ3) is 6.59. The molecule has 33 heavy (non-hydrogen) atoms. The van der Waals surface area contributed by atoms with Gasteiger partial charge in [-0.1, -0.05) is 37.6 Å². The molecule has 0 saturated carbocycles. The van der Waals surface area contributed by atoms with Gasteiger partial charge >= 0.3 is 6.03 Å². The molecule has 0 aliphatic carbocycles. The van der Waals surface area contributed by atoms with E-state index < -0.39 is 16.1 Å². The van der Waals surface area contributed by atoms with Crippen LogP contribution in [0.1, 0.15) is 29.8 Å². The number of sulfonamides is 1. The minimum atomic E-state index is -4.00. The van der Waals surface area contributed by atoms with Gasteiger partial charge in [0.15, 0.2) is 0 Å². The number of rotatable bonds is 8. The summed E-state index contributed by atoms with van der Waals surface area (Å²) in [5.41, 5.74) is 3.77. The summed E-state index contributed by atoms with van der Waals surface area (Å²) in [7, 11) is -2.53. The number of carbonyl (C=O) groups is 2. The van der Waals surface area contributed by atoms with E-state index in [0.29, 0.717) is 42.4 Å². The zero-order valence-electron chi connectivity index (χ0n) is 18.6. The minimum Gasteiger partial charge on any atom is -0.496 e. The van der Waals surface area contributed by atoms with Gasteiger partial charge in [0.25, 0.3) is 15.9 Å². The fraction of sp³-hybridized carbons (Fsp3) is 0.364. The van der Waals surface area contributed by atoms with Crippen molar-refractivity contribution in [3.63, 3.8) is 0 Å². The Morgan fingerprint density at radius 2 is 1.79 bits per heavy atom. The molecule has 0 atom stereocenters. The Balaban J connectivity index is 1.51. The van der Waals surface area contributed by atoms with Crippen LogP contribution in [0.3, 0.4) is 0 Å². The summed E-state index contributed by atoms with van der Waals surface area (Å²) in [5.74, 6) is 0.0927. The van der Waals surface area contributed by atoms with Crippen molar-refractivity contribution < 1.29 is 22.7 Å². The second-order valence-electron chi connectivity index (χ2n) is 8.56. The third-order valence-electron chi connectivity index (χ3n) is 5.06. The van der Waals surface area contributed by atoms with Crippen LogP contribution in [0, 0.1) is 5.41 Å². The molecule has 0 spiro atoms. The average molecular weight is 495 g/mol. The molecule has 3 amide bonds. The molecule has 0 aromatic heterocycles. The summed E-state index contributed by atoms with van der Waals surface area (Å²) in [4.78, 5) is 24.4. The van der Waals surface area contributed by atoms with E-state index in [4.69, 9.17) is 16.3 Å². The molecule has 178 valence electrons. The number of nitrogens with one attached hydrogen (secondary N) is 3. The minimum absolute atomic E-state index is 0.0296. The lowest BCUT2D eigenvalue weighted by atomic mass is 9.86. The molecule has 0 unspecified atom stereocenters. The molecule has 0 radical (unpaired) electrons. The van der Waals surface area contributed by atoms with Crippen molar-refractivity contribution >= 4 is 33.6 Å². The number of ether oxygens (including phenoxy) is 1. The van der Waals surface area contributed by atoms with Crippen LogP contribution in [0.15, 0.2) is 47.4 Å². The number of halogens is 1. The third-order valence-corrected chi connectivity index (χ3v) is 6.65. The lowest BCUT2D eigenvalue weighted by Crippen LogP contribution is -2.62. The van der Waals surface area contributed by atoms with Gasteiger partial charge in [-0.2, -0.15) is 0 Å². The largest absolute Gasteiger partial charge is 0.496 e. The highest BCUT2D eigenvalue weighted by Crippen LogP contribution is 2.26. The highest BCUT2D eigenvalue weighted by molar-refractivity contribution is 7.90. The lowest BCUT2D eigenvalue weighted by molar-refractivity contribution is -0.000374. The van der Waals surface area contributed by atoms with Crippen LogP contribution in [-0.2, 0) is 16.4 Å². The number of methoxy groups -OCH3 is 1. The van der Waals surface area contributed by atoms with Crippen molar-refractivity contribution in [3.8, 4) is 5.75 Å². The van der Waals surface area contributed by atoms with Crippen LogP contribution < -0.4 is 20.2 Å². The Labute approximate surface area is 198 Å². The van der Waals surface area contributed by atoms with Gasteiger partial charge in [-0.25, -0.2) is 22.9 Å². The van der Waals surface area contributed by atoms with E-state index >= 15 is 0 Å². The van der Waals surface area contributed by atoms with E-state index in [1.807, 2.05) is 4.72 Å². The fourth-order valence-corrected chi connectivity index (χ4v) is 4.60. The molecule has 9 nitrogen and oxygen atoms in total. The average Bonchev–Trinajstić information content (AvgIpc) is 2.72. The standard InChI is InChI=1S/C22H27ClN4O5S/c1-22(2)13-27(14-22)25-21(29)26-33(30,31)17-7-4-15(5-8-17)10-11-24-20(28)18-12-16(23)6-9-19(18)32-3/h4-9,12H,10-11,13-14H2,1-3H3,(H,24,28)(H2,25,26,29). The van der Waals surface area contributed by atoms with Crippen molar-refractivity contribution in [2.75, 3.05) is 26.7 Å². The maximum Gasteiger partial charge on any atom is 0.343 e. The number of hydrazine groups is 1. The van der Waals surface area contributed by atoms with E-state index in [0.717, 1.165) is 5.56 Å². The van der Waals surface area contributed by atoms with Crippen molar-refractivity contribution in [1.29, 1.82) is 0 Å². The molecule has 3 rings (SSSR count). The van der Waals surface area contributed by atoms with Gasteiger partial charge in [-0.3, -0.25) is 10.2 Å². The SMILES string of the molecule is COc1ccc(Cl)cc1C(=O)NCCc1ccc(S(=O)(=O)NC(=O)NN2CC(C)(C)C2)cc1. The molecule has 11 heteroatoms. The van der Waals surface area contributed by atoms with Gasteiger partial charge in [0.1, 0.15) is 5.75 Å². The molecule has 1 saturated heterocycles. The number of amides is 3. The smallest absolute Gasteiger partial charge is 0.343 e. The molecule has 1 heterocycles. The van der Waals surface area contributed by atoms with Crippen LogP contribution in [0.4, 0.5) is 4.79 Å². The zero-order chi connectivity index (χ0) is 24.2. The number of carbonyl (C=O) groups excluding carboxylic acids is 2. The van der Waals surface area contributed by atoms with Crippen molar-refractivity contribution in [2.24, 2.45) is 5.41 Å². The van der Waals surface area contributed by atoms with Crippen LogP contribution in [-0.4, -0.2) is 52.1 Å². The first-order valence-corrected chi connectivity index (χ1v) is 12.1. The number of nitrogens with zero attached hydrogens (tertiary/aromatic N) is 1. The maximum atomic E-state index is 12.4. The second kappa shape index (κ2) is 9.98. The van der Waals surface area contributed by atoms with Gasteiger partial charge in [0, 0.05) is 24.7 Å². The van der Waals surface area contributed by atoms with E-state index in [1.165, 1.54) is 25.3 Å². The first kappa shape index (κ1) is 24.8. The topological polar surface area (TPSA) is 117 Å². The monoisotopic (exact) mass is 494 g/mol. The van der Waals surface area contributed by atoms with Gasteiger partial charge in [-0.05, 0) is 47.7 Å². The predicted molar refractivity (Wildman–Crippen MR) is 125 cm³/mol. The summed E-state index contributed by atoms with van der Waals surface area (Å²) >= 11 is 5.96. The molecule has 1 aliphatic rings. The Morgan fingerprint density at radius 1 is 1.12 bits per heavy atom. The normalized spacial score (nSPS) is 15.3. The van der Waals surface area contributed by atoms with Gasteiger partial charge in [0.2, 0.25) is 0 Å². The van der Waals surface area contributed by atoms with Crippen molar-refractivity contribution in [2.45, 2.75) is 25.2 Å². The Bertz CT molecular complexity index is 1130. The number of benzene rings is 2. The molecule has 2 aromatic rings. The van der Waals surface area contributed by atoms with Gasteiger partial charge < -0.3 is 10.1 Å². The number of hydrogen-bond acceptors (Lipinski definition) is 6. The lowest BCUT2D eigenvalue weighted by Gasteiger charge is -2.45. The maximum absolute atomic E-state index is 12.4. The molecule has 0 bridgehead atoms. The fourth-order valence-electron chi connectivity index (χ4n) is 3.52. The Morgan fingerprint density at radius 3 is 2.39 bits per heavy atom. The van der Waals surface area contributed by atoms with Crippen LogP contribution in [0.5, 0.6) is 5.75 Å². The van der Waals surface area contributed by atoms with Gasteiger partial charge in [0.05, 0.1) is 17.6 Å². The number of urea groups is 1. The van der Waals surface area contributed by atoms with E-state index in [9.17, 15) is 18.0 Å². The number of hydrogen-bond donors (Lipinski definition) is 3. The molecule has 1 aliphatic heterocycles. The van der Waals surface area contributed by atoms with E-state index in [2.05, 4.69) is 24.6 Å². The highest BCUT2D eigenvalue weighted by atomic mass is 35.5. The van der Waals surface area contributed by atoms with E-state index in [-0.39, 0.29) is 16.2 Å². The van der Waals surface area contributed by atoms with Crippen LogP contribution in [0.25, 0.3) is 0 Å².